The van der Waals surface area contributed by atoms with E-state index in [9.17, 15) is 9.59 Å². The number of carbonyl (C=O) groups is 2. The number of ether oxygens (including phenoxy) is 1. The molecule has 1 aliphatic carbocycles. The fraction of sp³-hybridized carbons (Fsp3) is 0.200. The van der Waals surface area contributed by atoms with Gasteiger partial charge in [-0.2, -0.15) is 0 Å². The van der Waals surface area contributed by atoms with Crippen LogP contribution in [0.1, 0.15) is 39.4 Å². The molecule has 0 aromatic heterocycles. The Kier molecular flexibility index (Phi) is 6.37. The number of benzene rings is 3. The van der Waals surface area contributed by atoms with Crippen molar-refractivity contribution in [2.45, 2.75) is 31.5 Å². The van der Waals surface area contributed by atoms with Crippen molar-refractivity contribution >= 4 is 23.4 Å². The maximum absolute atomic E-state index is 12.4. The number of hydrogen-bond acceptors (Lipinski definition) is 5. The lowest BCUT2D eigenvalue weighted by molar-refractivity contribution is 0.102. The van der Waals surface area contributed by atoms with Crippen LogP contribution in [0.4, 0.5) is 16.2 Å². The van der Waals surface area contributed by atoms with E-state index in [0.29, 0.717) is 29.4 Å². The summed E-state index contributed by atoms with van der Waals surface area (Å²) in [7, 11) is 0. The average Bonchev–Trinajstić information content (AvgIpc) is 3.55. The number of nitrogen functional groups attached to an aromatic ring is 1. The second-order valence-corrected chi connectivity index (χ2v) is 7.92. The molecular formula is C25H26N4O3. The van der Waals surface area contributed by atoms with Gasteiger partial charge in [0, 0.05) is 24.1 Å². The van der Waals surface area contributed by atoms with Gasteiger partial charge in [-0.3, -0.25) is 4.79 Å². The van der Waals surface area contributed by atoms with Gasteiger partial charge < -0.3 is 26.8 Å². The van der Waals surface area contributed by atoms with E-state index < -0.39 is 6.09 Å². The normalized spacial score (nSPS) is 16.8. The van der Waals surface area contributed by atoms with E-state index in [0.717, 1.165) is 17.5 Å². The van der Waals surface area contributed by atoms with Gasteiger partial charge in [-0.25, -0.2) is 4.79 Å². The van der Waals surface area contributed by atoms with Crippen LogP contribution in [-0.4, -0.2) is 18.0 Å². The van der Waals surface area contributed by atoms with Crippen molar-refractivity contribution in [3.63, 3.8) is 0 Å². The highest BCUT2D eigenvalue weighted by Crippen LogP contribution is 2.38. The lowest BCUT2D eigenvalue weighted by Crippen LogP contribution is -2.23. The second-order valence-electron chi connectivity index (χ2n) is 7.92. The van der Waals surface area contributed by atoms with Gasteiger partial charge in [-0.15, -0.1) is 0 Å². The average molecular weight is 431 g/mol. The summed E-state index contributed by atoms with van der Waals surface area (Å²) < 4.78 is 5.28. The van der Waals surface area contributed by atoms with Crippen LogP contribution in [0.5, 0.6) is 0 Å². The number of para-hydroxylation sites is 2. The molecular weight excluding hydrogens is 404 g/mol. The van der Waals surface area contributed by atoms with Crippen LogP contribution >= 0.6 is 0 Å². The topological polar surface area (TPSA) is 119 Å². The summed E-state index contributed by atoms with van der Waals surface area (Å²) in [5.74, 6) is 0.207. The highest BCUT2D eigenvalue weighted by molar-refractivity contribution is 6.05. The molecule has 2 unspecified atom stereocenters. The van der Waals surface area contributed by atoms with Crippen molar-refractivity contribution in [1.29, 1.82) is 0 Å². The summed E-state index contributed by atoms with van der Waals surface area (Å²) >= 11 is 0. The molecule has 6 N–H and O–H groups in total. The van der Waals surface area contributed by atoms with Gasteiger partial charge >= 0.3 is 6.09 Å². The Morgan fingerprint density at radius 2 is 1.59 bits per heavy atom. The minimum Gasteiger partial charge on any atom is -0.445 e. The predicted octanol–water partition coefficient (Wildman–Crippen LogP) is 3.76. The standard InChI is InChI=1S/C25H26N4O3/c26-21-3-1-2-4-23(21)29-24(30)19-11-5-16(6-12-19)14-28-25(31)32-15-17-7-9-18(10-8-17)20-13-22(20)27/h1-12,20,22H,13-15,26-27H2,(H,28,31)(H,29,30). The van der Waals surface area contributed by atoms with Gasteiger partial charge in [-0.1, -0.05) is 48.5 Å². The number of carbonyl (C=O) groups excluding carboxylic acids is 2. The summed E-state index contributed by atoms with van der Waals surface area (Å²) in [6.45, 7) is 0.495. The molecule has 0 spiro atoms. The summed E-state index contributed by atoms with van der Waals surface area (Å²) in [4.78, 5) is 24.4. The van der Waals surface area contributed by atoms with Crippen LogP contribution in [-0.2, 0) is 17.9 Å². The molecule has 3 aromatic carbocycles. The van der Waals surface area contributed by atoms with Crippen LogP contribution in [0.2, 0.25) is 0 Å². The SMILES string of the molecule is Nc1ccccc1NC(=O)c1ccc(CNC(=O)OCc2ccc(C3CC3N)cc2)cc1. The molecule has 0 aliphatic heterocycles. The second kappa shape index (κ2) is 9.53. The molecule has 3 aromatic rings. The number of nitrogens with one attached hydrogen (secondary N) is 2. The van der Waals surface area contributed by atoms with Crippen LogP contribution in [0.3, 0.4) is 0 Å². The molecule has 4 rings (SSSR count). The van der Waals surface area contributed by atoms with Gasteiger partial charge in [0.25, 0.3) is 5.91 Å². The fourth-order valence-electron chi connectivity index (χ4n) is 3.41. The number of amides is 2. The van der Waals surface area contributed by atoms with E-state index in [2.05, 4.69) is 10.6 Å². The Balaban J connectivity index is 1.22. The first kappa shape index (κ1) is 21.4. The zero-order valence-electron chi connectivity index (χ0n) is 17.6. The predicted molar refractivity (Wildman–Crippen MR) is 124 cm³/mol. The largest absolute Gasteiger partial charge is 0.445 e. The molecule has 164 valence electrons. The maximum Gasteiger partial charge on any atom is 0.407 e. The van der Waals surface area contributed by atoms with E-state index in [1.165, 1.54) is 5.56 Å². The van der Waals surface area contributed by atoms with E-state index in [1.807, 2.05) is 24.3 Å². The van der Waals surface area contributed by atoms with Gasteiger partial charge in [0.15, 0.2) is 0 Å². The number of alkyl carbamates (subject to hydrolysis) is 1. The van der Waals surface area contributed by atoms with E-state index >= 15 is 0 Å². The molecule has 0 heterocycles. The monoisotopic (exact) mass is 430 g/mol. The Hall–Kier alpha value is -3.84. The third-order valence-electron chi connectivity index (χ3n) is 5.48. The summed E-state index contributed by atoms with van der Waals surface area (Å²) in [6.07, 6.45) is 0.533. The third kappa shape index (κ3) is 5.44. The number of nitrogens with two attached hydrogens (primary N) is 2. The van der Waals surface area contributed by atoms with Gasteiger partial charge in [0.1, 0.15) is 6.61 Å². The lowest BCUT2D eigenvalue weighted by Gasteiger charge is -2.10. The smallest absolute Gasteiger partial charge is 0.407 e. The van der Waals surface area contributed by atoms with Gasteiger partial charge in [0.05, 0.1) is 11.4 Å². The molecule has 2 amide bonds. The first-order chi connectivity index (χ1) is 15.5. The molecule has 7 heteroatoms. The third-order valence-corrected chi connectivity index (χ3v) is 5.48. The first-order valence-corrected chi connectivity index (χ1v) is 10.5. The minimum atomic E-state index is -0.500. The molecule has 0 bridgehead atoms. The van der Waals surface area contributed by atoms with Crippen molar-refractivity contribution in [3.05, 3.63) is 95.1 Å². The molecule has 1 aliphatic rings. The summed E-state index contributed by atoms with van der Waals surface area (Å²) in [5.41, 5.74) is 16.3. The maximum atomic E-state index is 12.4. The lowest BCUT2D eigenvalue weighted by atomic mass is 10.1. The minimum absolute atomic E-state index is 0.199. The number of anilines is 2. The van der Waals surface area contributed by atoms with Crippen LogP contribution in [0.15, 0.2) is 72.8 Å². The van der Waals surface area contributed by atoms with Crippen molar-refractivity contribution in [2.24, 2.45) is 5.73 Å². The van der Waals surface area contributed by atoms with Gasteiger partial charge in [0.2, 0.25) is 0 Å². The zero-order chi connectivity index (χ0) is 22.5. The molecule has 32 heavy (non-hydrogen) atoms. The van der Waals surface area contributed by atoms with Crippen LogP contribution in [0.25, 0.3) is 0 Å². The molecule has 7 nitrogen and oxygen atoms in total. The number of rotatable bonds is 7. The van der Waals surface area contributed by atoms with Crippen molar-refractivity contribution < 1.29 is 14.3 Å². The fourth-order valence-corrected chi connectivity index (χ4v) is 3.41. The molecule has 1 saturated carbocycles. The van der Waals surface area contributed by atoms with E-state index in [-0.39, 0.29) is 18.6 Å². The van der Waals surface area contributed by atoms with Crippen molar-refractivity contribution in [1.82, 2.24) is 5.32 Å². The van der Waals surface area contributed by atoms with Crippen LogP contribution in [0, 0.1) is 0 Å². The van der Waals surface area contributed by atoms with Gasteiger partial charge in [-0.05, 0) is 47.4 Å². The Morgan fingerprint density at radius 3 is 2.25 bits per heavy atom. The Labute approximate surface area is 186 Å². The molecule has 0 saturated heterocycles. The number of hydrogen-bond donors (Lipinski definition) is 4. The quantitative estimate of drug-likeness (QED) is 0.426. The molecule has 1 fully saturated rings. The van der Waals surface area contributed by atoms with Crippen molar-refractivity contribution in [2.75, 3.05) is 11.1 Å². The zero-order valence-corrected chi connectivity index (χ0v) is 17.6. The Morgan fingerprint density at radius 1 is 0.938 bits per heavy atom. The van der Waals surface area contributed by atoms with Crippen molar-refractivity contribution in [3.8, 4) is 0 Å². The highest BCUT2D eigenvalue weighted by atomic mass is 16.5. The molecule has 0 radical (unpaired) electrons. The summed E-state index contributed by atoms with van der Waals surface area (Å²) in [5, 5.41) is 5.50. The Bertz CT molecular complexity index is 1100. The van der Waals surface area contributed by atoms with E-state index in [1.54, 1.807) is 48.5 Å². The summed E-state index contributed by atoms with van der Waals surface area (Å²) in [6, 6.07) is 22.3. The first-order valence-electron chi connectivity index (χ1n) is 10.5. The van der Waals surface area contributed by atoms with Crippen LogP contribution < -0.4 is 22.1 Å². The molecule has 2 atom stereocenters. The highest BCUT2D eigenvalue weighted by Gasteiger charge is 2.34. The van der Waals surface area contributed by atoms with E-state index in [4.69, 9.17) is 16.2 Å².